The zero-order valence-corrected chi connectivity index (χ0v) is 7.58. The second kappa shape index (κ2) is 3.65. The Labute approximate surface area is 83.5 Å². The minimum Gasteiger partial charge on any atom is -0.377 e. The van der Waals surface area contributed by atoms with E-state index in [1.807, 2.05) is 0 Å². The summed E-state index contributed by atoms with van der Waals surface area (Å²) in [6.07, 6.45) is -2.60. The number of aromatic nitrogens is 2. The maximum atomic E-state index is 12.5. The fraction of sp³-hybridized carbons (Fsp3) is 0.500. The average molecular weight is 219 g/mol. The van der Waals surface area contributed by atoms with Crippen LogP contribution in [0.25, 0.3) is 0 Å². The third-order valence-electron chi connectivity index (χ3n) is 2.00. The molecule has 0 unspecified atom stereocenters. The smallest absolute Gasteiger partial charge is 0.377 e. The second-order valence-corrected chi connectivity index (χ2v) is 3.16. The van der Waals surface area contributed by atoms with Crippen LogP contribution < -0.4 is 5.32 Å². The van der Waals surface area contributed by atoms with Gasteiger partial charge in [0.05, 0.1) is 19.3 Å². The summed E-state index contributed by atoms with van der Waals surface area (Å²) in [6.45, 7) is 0.808. The summed E-state index contributed by atoms with van der Waals surface area (Å²) < 4.78 is 42.3. The number of nitrogens with zero attached hydrogens (tertiary/aromatic N) is 2. The molecule has 1 aliphatic rings. The van der Waals surface area contributed by atoms with Crippen molar-refractivity contribution >= 4 is 5.82 Å². The first-order valence-corrected chi connectivity index (χ1v) is 4.29. The predicted molar refractivity (Wildman–Crippen MR) is 45.3 cm³/mol. The predicted octanol–water partition coefficient (Wildman–Crippen LogP) is 1.31. The van der Waals surface area contributed by atoms with Crippen molar-refractivity contribution in [3.63, 3.8) is 0 Å². The molecule has 7 heteroatoms. The van der Waals surface area contributed by atoms with E-state index in [1.54, 1.807) is 0 Å². The fourth-order valence-corrected chi connectivity index (χ4v) is 1.16. The Balaban J connectivity index is 2.21. The molecular formula is C8H8F3N3O. The van der Waals surface area contributed by atoms with Gasteiger partial charge in [-0.2, -0.15) is 13.2 Å². The molecule has 1 aliphatic heterocycles. The van der Waals surface area contributed by atoms with Gasteiger partial charge in [-0.15, -0.1) is 0 Å². The Morgan fingerprint density at radius 2 is 2.13 bits per heavy atom. The minimum atomic E-state index is -4.44. The van der Waals surface area contributed by atoms with Crippen LogP contribution in [0.1, 0.15) is 5.56 Å². The molecule has 2 rings (SSSR count). The number of anilines is 1. The van der Waals surface area contributed by atoms with Gasteiger partial charge >= 0.3 is 6.18 Å². The van der Waals surface area contributed by atoms with Crippen LogP contribution in [0, 0.1) is 0 Å². The van der Waals surface area contributed by atoms with Gasteiger partial charge in [0, 0.05) is 6.20 Å². The molecule has 82 valence electrons. The molecular weight excluding hydrogens is 211 g/mol. The van der Waals surface area contributed by atoms with Gasteiger partial charge in [-0.25, -0.2) is 9.97 Å². The highest BCUT2D eigenvalue weighted by atomic mass is 19.4. The summed E-state index contributed by atoms with van der Waals surface area (Å²) in [6, 6.07) is -0.0963. The normalized spacial score (nSPS) is 17.3. The van der Waals surface area contributed by atoms with E-state index in [9.17, 15) is 13.2 Å². The van der Waals surface area contributed by atoms with Crippen molar-refractivity contribution in [2.75, 3.05) is 18.5 Å². The van der Waals surface area contributed by atoms with E-state index in [0.29, 0.717) is 13.2 Å². The van der Waals surface area contributed by atoms with Crippen molar-refractivity contribution in [1.82, 2.24) is 9.97 Å². The van der Waals surface area contributed by atoms with E-state index in [0.717, 1.165) is 12.5 Å². The Bertz CT molecular complexity index is 351. The Morgan fingerprint density at radius 3 is 2.67 bits per heavy atom. The largest absolute Gasteiger partial charge is 0.421 e. The van der Waals surface area contributed by atoms with Crippen molar-refractivity contribution in [3.8, 4) is 0 Å². The van der Waals surface area contributed by atoms with E-state index in [-0.39, 0.29) is 11.9 Å². The lowest BCUT2D eigenvalue weighted by Gasteiger charge is -2.28. The van der Waals surface area contributed by atoms with Gasteiger partial charge < -0.3 is 10.1 Å². The van der Waals surface area contributed by atoms with Crippen LogP contribution in [0.15, 0.2) is 12.5 Å². The van der Waals surface area contributed by atoms with Gasteiger partial charge in [0.25, 0.3) is 0 Å². The molecule has 15 heavy (non-hydrogen) atoms. The van der Waals surface area contributed by atoms with E-state index in [4.69, 9.17) is 4.74 Å². The summed E-state index contributed by atoms with van der Waals surface area (Å²) >= 11 is 0. The Kier molecular flexibility index (Phi) is 2.47. The lowest BCUT2D eigenvalue weighted by atomic mass is 10.2. The molecule has 0 radical (unpaired) electrons. The number of halogens is 3. The second-order valence-electron chi connectivity index (χ2n) is 3.16. The van der Waals surface area contributed by atoms with E-state index >= 15 is 0 Å². The molecule has 4 nitrogen and oxygen atoms in total. The summed E-state index contributed by atoms with van der Waals surface area (Å²) in [5, 5.41) is 2.66. The van der Waals surface area contributed by atoms with Crippen molar-refractivity contribution in [2.45, 2.75) is 12.2 Å². The number of ether oxygens (including phenoxy) is 1. The van der Waals surface area contributed by atoms with Crippen molar-refractivity contribution in [2.24, 2.45) is 0 Å². The van der Waals surface area contributed by atoms with Gasteiger partial charge in [0.1, 0.15) is 17.7 Å². The van der Waals surface area contributed by atoms with Crippen LogP contribution in [0.2, 0.25) is 0 Å². The number of hydrogen-bond donors (Lipinski definition) is 1. The Morgan fingerprint density at radius 1 is 1.40 bits per heavy atom. The van der Waals surface area contributed by atoms with Crippen LogP contribution in [0.5, 0.6) is 0 Å². The molecule has 0 spiro atoms. The maximum Gasteiger partial charge on any atom is 0.421 e. The standard InChI is InChI=1S/C8H8F3N3O/c9-8(10,11)6-1-12-4-13-7(6)14-5-2-15-3-5/h1,4-5H,2-3H2,(H,12,13,14). The highest BCUT2D eigenvalue weighted by molar-refractivity contribution is 5.45. The van der Waals surface area contributed by atoms with Gasteiger partial charge in [0.15, 0.2) is 0 Å². The van der Waals surface area contributed by atoms with Gasteiger partial charge in [-0.05, 0) is 0 Å². The Hall–Kier alpha value is -1.37. The molecule has 0 amide bonds. The first-order chi connectivity index (χ1) is 7.07. The maximum absolute atomic E-state index is 12.5. The number of hydrogen-bond acceptors (Lipinski definition) is 4. The van der Waals surface area contributed by atoms with Crippen molar-refractivity contribution in [3.05, 3.63) is 18.1 Å². The number of alkyl halides is 3. The molecule has 1 fully saturated rings. The zero-order valence-electron chi connectivity index (χ0n) is 7.58. The monoisotopic (exact) mass is 219 g/mol. The fourth-order valence-electron chi connectivity index (χ4n) is 1.16. The molecule has 0 aliphatic carbocycles. The van der Waals surface area contributed by atoms with Gasteiger partial charge in [0.2, 0.25) is 0 Å². The van der Waals surface area contributed by atoms with Crippen LogP contribution in [-0.4, -0.2) is 29.2 Å². The molecule has 0 bridgehead atoms. The number of rotatable bonds is 2. The summed E-state index contributed by atoms with van der Waals surface area (Å²) in [5.74, 6) is -0.189. The summed E-state index contributed by atoms with van der Waals surface area (Å²) in [5.41, 5.74) is -0.850. The van der Waals surface area contributed by atoms with E-state index in [2.05, 4.69) is 15.3 Å². The quantitative estimate of drug-likeness (QED) is 0.814. The summed E-state index contributed by atoms with van der Waals surface area (Å²) in [4.78, 5) is 6.93. The highest BCUT2D eigenvalue weighted by Gasteiger charge is 2.35. The van der Waals surface area contributed by atoms with Gasteiger partial charge in [-0.3, -0.25) is 0 Å². The molecule has 2 heterocycles. The topological polar surface area (TPSA) is 47.0 Å². The first-order valence-electron chi connectivity index (χ1n) is 4.29. The summed E-state index contributed by atoms with van der Waals surface area (Å²) in [7, 11) is 0. The van der Waals surface area contributed by atoms with Crippen LogP contribution in [0.3, 0.4) is 0 Å². The number of nitrogens with one attached hydrogen (secondary N) is 1. The third-order valence-corrected chi connectivity index (χ3v) is 2.00. The van der Waals surface area contributed by atoms with Crippen molar-refractivity contribution in [1.29, 1.82) is 0 Å². The molecule has 0 aromatic carbocycles. The lowest BCUT2D eigenvalue weighted by molar-refractivity contribution is -0.137. The van der Waals surface area contributed by atoms with Crippen LogP contribution >= 0.6 is 0 Å². The van der Waals surface area contributed by atoms with Crippen molar-refractivity contribution < 1.29 is 17.9 Å². The van der Waals surface area contributed by atoms with E-state index in [1.165, 1.54) is 0 Å². The van der Waals surface area contributed by atoms with Gasteiger partial charge in [-0.1, -0.05) is 0 Å². The SMILES string of the molecule is FC(F)(F)c1cncnc1NC1COC1. The van der Waals surface area contributed by atoms with Crippen LogP contribution in [-0.2, 0) is 10.9 Å². The minimum absolute atomic E-state index is 0.0963. The highest BCUT2D eigenvalue weighted by Crippen LogP contribution is 2.33. The molecule has 1 saturated heterocycles. The molecule has 1 aromatic rings. The van der Waals surface area contributed by atoms with Crippen LogP contribution in [0.4, 0.5) is 19.0 Å². The first kappa shape index (κ1) is 10.2. The lowest BCUT2D eigenvalue weighted by Crippen LogP contribution is -2.41. The van der Waals surface area contributed by atoms with E-state index < -0.39 is 11.7 Å². The zero-order chi connectivity index (χ0) is 10.9. The molecule has 0 saturated carbocycles. The third kappa shape index (κ3) is 2.17. The molecule has 1 aromatic heterocycles. The average Bonchev–Trinajstić information content (AvgIpc) is 2.10. The molecule has 0 atom stereocenters. The molecule has 1 N–H and O–H groups in total.